The number of nitrogens with one attached hydrogen (secondary N) is 1. The molecule has 1 atom stereocenters. The lowest BCUT2D eigenvalue weighted by Crippen LogP contribution is -2.20. The van der Waals surface area contributed by atoms with E-state index in [0.717, 1.165) is 11.1 Å². The third-order valence-electron chi connectivity index (χ3n) is 3.36. The van der Waals surface area contributed by atoms with Crippen LogP contribution in [0.2, 0.25) is 0 Å². The highest BCUT2D eigenvalue weighted by Crippen LogP contribution is 2.22. The first-order chi connectivity index (χ1) is 10.1. The Morgan fingerprint density at radius 2 is 1.86 bits per heavy atom. The van der Waals surface area contributed by atoms with Gasteiger partial charge in [0.15, 0.2) is 0 Å². The van der Waals surface area contributed by atoms with Gasteiger partial charge in [0.1, 0.15) is 11.4 Å². The molecule has 0 amide bonds. The van der Waals surface area contributed by atoms with Gasteiger partial charge in [-0.25, -0.2) is 10.3 Å². The minimum atomic E-state index is -0.360. The van der Waals surface area contributed by atoms with E-state index in [1.807, 2.05) is 38.1 Å². The molecule has 4 nitrogen and oxygen atoms in total. The van der Waals surface area contributed by atoms with Crippen molar-refractivity contribution < 1.29 is 14.7 Å². The number of phenolic OH excluding ortho intramolecular Hbond substituents is 1. The van der Waals surface area contributed by atoms with Crippen molar-refractivity contribution in [3.8, 4) is 5.75 Å². The topological polar surface area (TPSA) is 58.6 Å². The Balaban J connectivity index is 1.91. The molecule has 0 heterocycles. The molecule has 0 aromatic heterocycles. The number of rotatable bonds is 5. The number of carbonyl (C=O) groups excluding carboxylic acids is 1. The number of para-hydroxylation sites is 2. The van der Waals surface area contributed by atoms with Crippen LogP contribution in [-0.4, -0.2) is 11.1 Å². The monoisotopic (exact) mass is 285 g/mol. The lowest BCUT2D eigenvalue weighted by atomic mass is 9.98. The van der Waals surface area contributed by atoms with Crippen molar-refractivity contribution in [2.45, 2.75) is 20.3 Å². The molecule has 0 saturated carbocycles. The van der Waals surface area contributed by atoms with Crippen molar-refractivity contribution >= 4 is 11.7 Å². The molecule has 0 aliphatic rings. The summed E-state index contributed by atoms with van der Waals surface area (Å²) in [7, 11) is 0. The molecular weight excluding hydrogens is 266 g/mol. The van der Waals surface area contributed by atoms with E-state index in [1.165, 1.54) is 6.07 Å². The normalized spacial score (nSPS) is 11.7. The predicted molar refractivity (Wildman–Crippen MR) is 81.9 cm³/mol. The minimum absolute atomic E-state index is 0.0388. The quantitative estimate of drug-likeness (QED) is 0.652. The number of carbonyl (C=O) groups is 1. The summed E-state index contributed by atoms with van der Waals surface area (Å²) in [6, 6.07) is 14.6. The number of aryl methyl sites for hydroxylation is 1. The number of hydrogen-bond donors (Lipinski definition) is 2. The zero-order valence-corrected chi connectivity index (χ0v) is 12.2. The van der Waals surface area contributed by atoms with Gasteiger partial charge in [0.25, 0.3) is 0 Å². The molecule has 0 fully saturated rings. The number of anilines is 1. The maximum Gasteiger partial charge on any atom is 0.335 e. The van der Waals surface area contributed by atoms with E-state index in [9.17, 15) is 9.90 Å². The van der Waals surface area contributed by atoms with Gasteiger partial charge in [-0.1, -0.05) is 43.3 Å². The van der Waals surface area contributed by atoms with Gasteiger partial charge in [-0.15, -0.1) is 0 Å². The molecule has 4 heteroatoms. The standard InChI is InChI=1S/C17H19NO3/c1-12-7-3-4-8-14(12)11-13(2)17(20)21-18-15-9-5-6-10-16(15)19/h3-10,13,18-19H,11H2,1-2H3. The molecule has 1 unspecified atom stereocenters. The Morgan fingerprint density at radius 3 is 2.57 bits per heavy atom. The van der Waals surface area contributed by atoms with Crippen LogP contribution in [0.5, 0.6) is 5.75 Å². The first-order valence-corrected chi connectivity index (χ1v) is 6.87. The molecule has 110 valence electrons. The van der Waals surface area contributed by atoms with Crippen LogP contribution in [0.25, 0.3) is 0 Å². The van der Waals surface area contributed by atoms with Crippen molar-refractivity contribution in [1.82, 2.24) is 0 Å². The minimum Gasteiger partial charge on any atom is -0.506 e. The zero-order valence-electron chi connectivity index (χ0n) is 12.2. The average Bonchev–Trinajstić information content (AvgIpc) is 2.48. The highest BCUT2D eigenvalue weighted by molar-refractivity contribution is 5.73. The summed E-state index contributed by atoms with van der Waals surface area (Å²) >= 11 is 0. The fraction of sp³-hybridized carbons (Fsp3) is 0.235. The predicted octanol–water partition coefficient (Wildman–Crippen LogP) is 3.45. The van der Waals surface area contributed by atoms with Crippen molar-refractivity contribution in [3.63, 3.8) is 0 Å². The summed E-state index contributed by atoms with van der Waals surface area (Å²) in [4.78, 5) is 17.0. The molecule has 0 aliphatic carbocycles. The second-order valence-corrected chi connectivity index (χ2v) is 5.07. The lowest BCUT2D eigenvalue weighted by Gasteiger charge is -2.13. The van der Waals surface area contributed by atoms with Gasteiger partial charge in [0, 0.05) is 0 Å². The van der Waals surface area contributed by atoms with Gasteiger partial charge in [0.05, 0.1) is 5.92 Å². The summed E-state index contributed by atoms with van der Waals surface area (Å²) in [6.07, 6.45) is 0.619. The number of phenols is 1. The van der Waals surface area contributed by atoms with E-state index >= 15 is 0 Å². The third-order valence-corrected chi connectivity index (χ3v) is 3.36. The SMILES string of the molecule is Cc1ccccc1CC(C)C(=O)ONc1ccccc1O. The summed E-state index contributed by atoms with van der Waals surface area (Å²) < 4.78 is 0. The van der Waals surface area contributed by atoms with Gasteiger partial charge in [0.2, 0.25) is 0 Å². The largest absolute Gasteiger partial charge is 0.506 e. The summed E-state index contributed by atoms with van der Waals surface area (Å²) in [5.74, 6) is -0.595. The van der Waals surface area contributed by atoms with Gasteiger partial charge < -0.3 is 9.94 Å². The van der Waals surface area contributed by atoms with Crippen LogP contribution in [0.1, 0.15) is 18.1 Å². The van der Waals surface area contributed by atoms with Crippen molar-refractivity contribution in [2.24, 2.45) is 5.92 Å². The van der Waals surface area contributed by atoms with Crippen LogP contribution in [0.15, 0.2) is 48.5 Å². The van der Waals surface area contributed by atoms with Crippen molar-refractivity contribution in [2.75, 3.05) is 5.48 Å². The first kappa shape index (κ1) is 14.9. The molecule has 2 aromatic carbocycles. The summed E-state index contributed by atoms with van der Waals surface area (Å²) in [5, 5.41) is 9.58. The van der Waals surface area contributed by atoms with Gasteiger partial charge in [-0.2, -0.15) is 0 Å². The third kappa shape index (κ3) is 3.99. The maximum absolute atomic E-state index is 12.0. The van der Waals surface area contributed by atoms with Crippen LogP contribution in [0.4, 0.5) is 5.69 Å². The Labute approximate surface area is 124 Å². The molecule has 0 spiro atoms. The second kappa shape index (κ2) is 6.79. The fourth-order valence-corrected chi connectivity index (χ4v) is 2.02. The van der Waals surface area contributed by atoms with E-state index in [4.69, 9.17) is 4.84 Å². The summed E-state index contributed by atoms with van der Waals surface area (Å²) in [6.45, 7) is 3.84. The van der Waals surface area contributed by atoms with Crippen LogP contribution >= 0.6 is 0 Å². The van der Waals surface area contributed by atoms with Crippen molar-refractivity contribution in [1.29, 1.82) is 0 Å². The second-order valence-electron chi connectivity index (χ2n) is 5.07. The molecule has 2 aromatic rings. The van der Waals surface area contributed by atoms with Crippen molar-refractivity contribution in [3.05, 3.63) is 59.7 Å². The summed E-state index contributed by atoms with van der Waals surface area (Å²) in [5.41, 5.74) is 5.15. The van der Waals surface area contributed by atoms with Gasteiger partial charge in [-0.3, -0.25) is 0 Å². The average molecular weight is 285 g/mol. The Morgan fingerprint density at radius 1 is 1.19 bits per heavy atom. The lowest BCUT2D eigenvalue weighted by molar-refractivity contribution is -0.144. The molecule has 0 saturated heterocycles. The van der Waals surface area contributed by atoms with E-state index in [-0.39, 0.29) is 17.6 Å². The van der Waals surface area contributed by atoms with Crippen LogP contribution in [0, 0.1) is 12.8 Å². The van der Waals surface area contributed by atoms with Crippen LogP contribution in [-0.2, 0) is 16.1 Å². The van der Waals surface area contributed by atoms with E-state index in [0.29, 0.717) is 12.1 Å². The molecule has 0 bridgehead atoms. The number of hydrogen-bond acceptors (Lipinski definition) is 4. The van der Waals surface area contributed by atoms with Crippen LogP contribution < -0.4 is 5.48 Å². The highest BCUT2D eigenvalue weighted by Gasteiger charge is 2.17. The van der Waals surface area contributed by atoms with Gasteiger partial charge >= 0.3 is 5.97 Å². The van der Waals surface area contributed by atoms with Gasteiger partial charge in [-0.05, 0) is 36.6 Å². The molecule has 0 radical (unpaired) electrons. The molecule has 2 rings (SSSR count). The number of aromatic hydroxyl groups is 1. The maximum atomic E-state index is 12.0. The Kier molecular flexibility index (Phi) is 4.82. The molecule has 21 heavy (non-hydrogen) atoms. The fourth-order valence-electron chi connectivity index (χ4n) is 2.02. The molecule has 2 N–H and O–H groups in total. The van der Waals surface area contributed by atoms with Crippen LogP contribution in [0.3, 0.4) is 0 Å². The molecule has 0 aliphatic heterocycles. The van der Waals surface area contributed by atoms with E-state index in [2.05, 4.69) is 5.48 Å². The Bertz CT molecular complexity index is 625. The highest BCUT2D eigenvalue weighted by atomic mass is 16.7. The zero-order chi connectivity index (χ0) is 15.2. The first-order valence-electron chi connectivity index (χ1n) is 6.87. The number of benzene rings is 2. The Hall–Kier alpha value is -2.49. The van der Waals surface area contributed by atoms with E-state index < -0.39 is 0 Å². The molecular formula is C17H19NO3. The van der Waals surface area contributed by atoms with E-state index in [1.54, 1.807) is 18.2 Å². The smallest absolute Gasteiger partial charge is 0.335 e.